The van der Waals surface area contributed by atoms with E-state index in [4.69, 9.17) is 19.7 Å². The molecule has 6 rings (SSSR count). The predicted octanol–water partition coefficient (Wildman–Crippen LogP) is 10.0. The Kier molecular flexibility index (Phi) is 7.04. The van der Waals surface area contributed by atoms with Crippen LogP contribution in [0.15, 0.2) is 84.2 Å². The van der Waals surface area contributed by atoms with Crippen molar-refractivity contribution < 1.29 is 13.2 Å². The van der Waals surface area contributed by atoms with E-state index in [9.17, 15) is 29.0 Å². The van der Waals surface area contributed by atoms with E-state index in [0.717, 1.165) is 6.07 Å². The number of aryl methyl sites for hydroxylation is 1. The molecule has 0 bridgehead atoms. The van der Waals surface area contributed by atoms with Gasteiger partial charge in [0.1, 0.15) is 6.07 Å². The van der Waals surface area contributed by atoms with Gasteiger partial charge in [-0.1, -0.05) is 66.7 Å². The Balaban J connectivity index is 1.86. The highest BCUT2D eigenvalue weighted by atomic mass is 19.4. The summed E-state index contributed by atoms with van der Waals surface area (Å²) in [5.74, 6) is 0. The Morgan fingerprint density at radius 3 is 1.55 bits per heavy atom. The predicted molar refractivity (Wildman–Crippen MR) is 170 cm³/mol. The van der Waals surface area contributed by atoms with Gasteiger partial charge in [-0.25, -0.2) is 25.1 Å². The summed E-state index contributed by atoms with van der Waals surface area (Å²) in [7, 11) is 0. The van der Waals surface area contributed by atoms with Crippen LogP contribution in [0.4, 0.5) is 18.9 Å². The molecule has 0 saturated carbocycles. The molecule has 0 heterocycles. The van der Waals surface area contributed by atoms with Crippen LogP contribution >= 0.6 is 0 Å². The van der Waals surface area contributed by atoms with Crippen LogP contribution in [-0.4, -0.2) is 0 Å². The molecule has 2 aliphatic rings. The largest absolute Gasteiger partial charge is 0.417 e. The number of allylic oxidation sites excluding steroid dienone is 6. The molecule has 0 fully saturated rings. The van der Waals surface area contributed by atoms with E-state index in [1.54, 1.807) is 61.5 Å². The third kappa shape index (κ3) is 4.29. The van der Waals surface area contributed by atoms with Crippen LogP contribution in [0.25, 0.3) is 59.1 Å². The number of hydrogen-bond acceptors (Lipinski definition) is 3. The topological polar surface area (TPSA) is 84.4 Å². The molecule has 4 aromatic carbocycles. The van der Waals surface area contributed by atoms with Crippen LogP contribution in [0.2, 0.25) is 0 Å². The van der Waals surface area contributed by atoms with Crippen molar-refractivity contribution in [3.63, 3.8) is 0 Å². The average Bonchev–Trinajstić information content (AvgIpc) is 3.58. The van der Waals surface area contributed by atoms with Crippen LogP contribution < -0.4 is 0 Å². The van der Waals surface area contributed by atoms with Gasteiger partial charge in [-0.05, 0) is 68.6 Å². The smallest absolute Gasteiger partial charge is 0.237 e. The fourth-order valence-electron chi connectivity index (χ4n) is 6.45. The summed E-state index contributed by atoms with van der Waals surface area (Å²) in [6.45, 7) is 25.5. The molecule has 0 aromatic heterocycles. The third-order valence-corrected chi connectivity index (χ3v) is 8.24. The van der Waals surface area contributed by atoms with Gasteiger partial charge in [-0.15, -0.1) is 0 Å². The van der Waals surface area contributed by atoms with Crippen molar-refractivity contribution in [1.29, 1.82) is 15.8 Å². The van der Waals surface area contributed by atoms with E-state index in [1.165, 1.54) is 18.2 Å². The molecule has 0 saturated heterocycles. The fraction of sp³-hybridized carbons (Fsp3) is 0.0526. The van der Waals surface area contributed by atoms with Crippen LogP contribution in [0.1, 0.15) is 38.9 Å². The lowest BCUT2D eigenvalue weighted by Gasteiger charge is -2.19. The Bertz CT molecular complexity index is 2440. The van der Waals surface area contributed by atoms with Gasteiger partial charge in [-0.3, -0.25) is 0 Å². The molecule has 0 radical (unpaired) electrons. The lowest BCUT2D eigenvalue weighted by molar-refractivity contribution is -0.137. The van der Waals surface area contributed by atoms with E-state index in [0.29, 0.717) is 44.6 Å². The minimum atomic E-state index is -4.83. The molecule has 2 aliphatic carbocycles. The van der Waals surface area contributed by atoms with Crippen LogP contribution in [0.5, 0.6) is 0 Å². The Morgan fingerprint density at radius 2 is 1.09 bits per heavy atom. The highest BCUT2D eigenvalue weighted by Crippen LogP contribution is 2.63. The Labute approximate surface area is 267 Å². The molecule has 9 heteroatoms. The zero-order chi connectivity index (χ0) is 33.6. The molecule has 4 aromatic rings. The van der Waals surface area contributed by atoms with Gasteiger partial charge in [0.2, 0.25) is 0 Å². The quantitative estimate of drug-likeness (QED) is 0.167. The minimum Gasteiger partial charge on any atom is -0.237 e. The number of nitrogens with zero attached hydrogens (tertiary/aromatic N) is 6. The van der Waals surface area contributed by atoms with E-state index in [2.05, 4.69) is 14.5 Å². The number of fused-ring (bicyclic) bond motifs is 4. The Hall–Kier alpha value is -7.17. The summed E-state index contributed by atoms with van der Waals surface area (Å²) < 4.78 is 42.2. The normalized spacial score (nSPS) is 14.7. The van der Waals surface area contributed by atoms with E-state index >= 15 is 0 Å². The van der Waals surface area contributed by atoms with E-state index in [-0.39, 0.29) is 44.8 Å². The van der Waals surface area contributed by atoms with Gasteiger partial charge < -0.3 is 0 Å². The third-order valence-electron chi connectivity index (χ3n) is 8.24. The van der Waals surface area contributed by atoms with Crippen molar-refractivity contribution in [1.82, 2.24) is 0 Å². The van der Waals surface area contributed by atoms with E-state index in [1.807, 2.05) is 12.1 Å². The van der Waals surface area contributed by atoms with Crippen molar-refractivity contribution in [3.05, 3.63) is 157 Å². The zero-order valence-corrected chi connectivity index (χ0v) is 24.2. The van der Waals surface area contributed by atoms with Crippen molar-refractivity contribution in [2.24, 2.45) is 0 Å². The number of rotatable bonds is 2. The van der Waals surface area contributed by atoms with Crippen LogP contribution in [-0.2, 0) is 6.18 Å². The molecule has 0 unspecified atom stereocenters. The van der Waals surface area contributed by atoms with Gasteiger partial charge in [0.15, 0.2) is 5.69 Å². The fourth-order valence-corrected chi connectivity index (χ4v) is 6.45. The first kappa shape index (κ1) is 29.9. The molecular formula is C38H15F3N6. The van der Waals surface area contributed by atoms with Crippen LogP contribution in [0.3, 0.4) is 0 Å². The highest BCUT2D eigenvalue weighted by molar-refractivity contribution is 6.39. The second-order valence-corrected chi connectivity index (χ2v) is 10.5. The second-order valence-electron chi connectivity index (χ2n) is 10.5. The molecule has 0 aliphatic heterocycles. The minimum absolute atomic E-state index is 0.0422. The number of benzene rings is 4. The Morgan fingerprint density at radius 1 is 0.638 bits per heavy atom. The second kappa shape index (κ2) is 11.1. The first-order chi connectivity index (χ1) is 22.7. The zero-order valence-electron chi connectivity index (χ0n) is 24.2. The first-order valence-electron chi connectivity index (χ1n) is 13.8. The molecule has 218 valence electrons. The highest BCUT2D eigenvalue weighted by Gasteiger charge is 2.43. The maximum Gasteiger partial charge on any atom is 0.417 e. The maximum absolute atomic E-state index is 14.1. The summed E-state index contributed by atoms with van der Waals surface area (Å²) in [5.41, 5.74) is 2.48. The van der Waals surface area contributed by atoms with Gasteiger partial charge in [0, 0.05) is 16.7 Å². The molecule has 0 spiro atoms. The number of halogens is 3. The van der Waals surface area contributed by atoms with Gasteiger partial charge in [-0.2, -0.15) is 18.4 Å². The van der Waals surface area contributed by atoms with E-state index < -0.39 is 17.3 Å². The van der Waals surface area contributed by atoms with Crippen molar-refractivity contribution in [2.75, 3.05) is 0 Å². The van der Waals surface area contributed by atoms with Gasteiger partial charge in [0.05, 0.1) is 43.0 Å². The summed E-state index contributed by atoms with van der Waals surface area (Å²) in [6.07, 6.45) is -4.83. The SMILES string of the molecule is [C-]#[N+]/C(C#N)=C1C2=C(/C(=C(\C#N)[N+]#[C-])c3cccc(-c4cccc(C)c4[N+]#[C-])c32)c2c\1cccc2-c1cccc(C(F)(F)F)c1C#N. The average molecular weight is 613 g/mol. The number of hydrogen-bond donors (Lipinski definition) is 0. The molecule has 0 amide bonds. The van der Waals surface area contributed by atoms with Crippen molar-refractivity contribution in [2.45, 2.75) is 13.1 Å². The summed E-state index contributed by atoms with van der Waals surface area (Å²) in [5, 5.41) is 30.4. The monoisotopic (exact) mass is 612 g/mol. The number of para-hydroxylation sites is 1. The lowest BCUT2D eigenvalue weighted by Crippen LogP contribution is -2.09. The summed E-state index contributed by atoms with van der Waals surface area (Å²) >= 11 is 0. The van der Waals surface area contributed by atoms with Crippen molar-refractivity contribution in [3.8, 4) is 40.5 Å². The maximum atomic E-state index is 14.1. The van der Waals surface area contributed by atoms with Gasteiger partial charge in [0.25, 0.3) is 11.4 Å². The molecule has 47 heavy (non-hydrogen) atoms. The first-order valence-corrected chi connectivity index (χ1v) is 13.8. The lowest BCUT2D eigenvalue weighted by atomic mass is 9.84. The molecular weight excluding hydrogens is 597 g/mol. The van der Waals surface area contributed by atoms with Gasteiger partial charge >= 0.3 is 6.18 Å². The van der Waals surface area contributed by atoms with Crippen LogP contribution in [0, 0.1) is 60.6 Å². The molecule has 0 N–H and O–H groups in total. The number of alkyl halides is 3. The molecule has 0 atom stereocenters. The standard InChI is InChI=1S/C38H15F3N6/c1-20-9-5-13-24(37(20)47-4)23-12-7-15-26-32(23)36-33(29(18-43)45-2)25-14-6-11-22(31(25)35(36)34(26)30(19-44)46-3)21-10-8-16-28(27(21)17-42)38(39,40)41/h5-16H,1H3/b33-29-,34-30+. The molecule has 6 nitrogen and oxygen atoms in total. The summed E-state index contributed by atoms with van der Waals surface area (Å²) in [6, 6.07) is 24.2. The summed E-state index contributed by atoms with van der Waals surface area (Å²) in [4.78, 5) is 10.8. The van der Waals surface area contributed by atoms with Crippen molar-refractivity contribution >= 4 is 28.0 Å². The number of nitriles is 3.